The first-order chi connectivity index (χ1) is 7.27. The van der Waals surface area contributed by atoms with E-state index in [9.17, 15) is 4.79 Å². The van der Waals surface area contributed by atoms with Crippen LogP contribution >= 0.6 is 11.8 Å². The molecule has 1 N–H and O–H groups in total. The maximum Gasteiger partial charge on any atom is 0.240 e. The van der Waals surface area contributed by atoms with Crippen molar-refractivity contribution in [1.29, 1.82) is 0 Å². The van der Waals surface area contributed by atoms with Gasteiger partial charge in [-0.1, -0.05) is 0 Å². The normalized spacial score (nSPS) is 20.5. The molecular weight excluding hydrogens is 212 g/mol. The van der Waals surface area contributed by atoms with Crippen molar-refractivity contribution in [3.8, 4) is 0 Å². The molecule has 82 valence electrons. The van der Waals surface area contributed by atoms with Crippen molar-refractivity contribution in [2.24, 2.45) is 0 Å². The molecule has 4 nitrogen and oxygen atoms in total. The van der Waals surface area contributed by atoms with Crippen molar-refractivity contribution in [3.63, 3.8) is 0 Å². The summed E-state index contributed by atoms with van der Waals surface area (Å²) in [6.45, 7) is 0.536. The number of likely N-dealkylation sites (N-methyl/N-ethyl adjacent to an activating group) is 1. The van der Waals surface area contributed by atoms with E-state index in [1.54, 1.807) is 30.0 Å². The summed E-state index contributed by atoms with van der Waals surface area (Å²) in [6, 6.07) is 3.67. The van der Waals surface area contributed by atoms with Gasteiger partial charge in [-0.15, -0.1) is 11.8 Å². The Kier molecular flexibility index (Phi) is 3.33. The smallest absolute Gasteiger partial charge is 0.240 e. The van der Waals surface area contributed by atoms with Crippen LogP contribution in [0.15, 0.2) is 22.8 Å². The number of rotatable bonds is 3. The van der Waals surface area contributed by atoms with Gasteiger partial charge in [-0.2, -0.15) is 0 Å². The maximum absolute atomic E-state index is 11.9. The third-order valence-electron chi connectivity index (χ3n) is 2.36. The van der Waals surface area contributed by atoms with Crippen molar-refractivity contribution < 1.29 is 9.21 Å². The topological polar surface area (TPSA) is 45.5 Å². The summed E-state index contributed by atoms with van der Waals surface area (Å²) in [4.78, 5) is 13.6. The van der Waals surface area contributed by atoms with Crippen molar-refractivity contribution in [2.45, 2.75) is 12.6 Å². The number of carbonyl (C=O) groups excluding carboxylic acids is 1. The predicted octanol–water partition coefficient (Wildman–Crippen LogP) is 0.901. The molecule has 0 unspecified atom stereocenters. The van der Waals surface area contributed by atoms with E-state index in [0.29, 0.717) is 6.54 Å². The van der Waals surface area contributed by atoms with E-state index in [1.165, 1.54) is 0 Å². The Bertz CT molecular complexity index is 320. The monoisotopic (exact) mass is 226 g/mol. The molecule has 15 heavy (non-hydrogen) atoms. The van der Waals surface area contributed by atoms with Gasteiger partial charge in [0, 0.05) is 18.7 Å². The highest BCUT2D eigenvalue weighted by atomic mass is 32.2. The Morgan fingerprint density at radius 3 is 3.27 bits per heavy atom. The summed E-state index contributed by atoms with van der Waals surface area (Å²) in [5, 5.41) is 3.16. The minimum atomic E-state index is -0.0324. The second-order valence-corrected chi connectivity index (χ2v) is 4.58. The van der Waals surface area contributed by atoms with Gasteiger partial charge in [0.2, 0.25) is 5.91 Å². The molecule has 0 aliphatic carbocycles. The predicted molar refractivity (Wildman–Crippen MR) is 59.4 cm³/mol. The van der Waals surface area contributed by atoms with Crippen LogP contribution in [0.4, 0.5) is 0 Å². The lowest BCUT2D eigenvalue weighted by atomic mass is 10.3. The number of furan rings is 1. The van der Waals surface area contributed by atoms with E-state index >= 15 is 0 Å². The van der Waals surface area contributed by atoms with Crippen LogP contribution in [0.25, 0.3) is 0 Å². The number of hydrogen-bond donors (Lipinski definition) is 1. The number of hydrogen-bond acceptors (Lipinski definition) is 4. The summed E-state index contributed by atoms with van der Waals surface area (Å²) in [7, 11) is 1.80. The molecular formula is C10H14N2O2S. The zero-order valence-corrected chi connectivity index (χ0v) is 9.42. The number of nitrogens with zero attached hydrogens (tertiary/aromatic N) is 1. The third kappa shape index (κ3) is 2.54. The molecule has 0 radical (unpaired) electrons. The molecule has 1 aliphatic rings. The van der Waals surface area contributed by atoms with Gasteiger partial charge in [-0.3, -0.25) is 10.1 Å². The first kappa shape index (κ1) is 10.6. The SMILES string of the molecule is CN(Cc1ccco1)C(=O)[C@@H]1CSCN1. The van der Waals surface area contributed by atoms with E-state index in [4.69, 9.17) is 4.42 Å². The van der Waals surface area contributed by atoms with Gasteiger partial charge in [0.25, 0.3) is 0 Å². The zero-order chi connectivity index (χ0) is 10.7. The molecule has 0 bridgehead atoms. The number of thioether (sulfide) groups is 1. The summed E-state index contributed by atoms with van der Waals surface area (Å²) < 4.78 is 5.20. The Morgan fingerprint density at radius 1 is 1.80 bits per heavy atom. The van der Waals surface area contributed by atoms with Gasteiger partial charge in [-0.05, 0) is 12.1 Å². The van der Waals surface area contributed by atoms with E-state index in [1.807, 2.05) is 12.1 Å². The lowest BCUT2D eigenvalue weighted by Crippen LogP contribution is -2.42. The number of nitrogens with one attached hydrogen (secondary N) is 1. The van der Waals surface area contributed by atoms with Crippen molar-refractivity contribution >= 4 is 17.7 Å². The van der Waals surface area contributed by atoms with Crippen LogP contribution in [-0.2, 0) is 11.3 Å². The lowest BCUT2D eigenvalue weighted by molar-refractivity contribution is -0.132. The molecule has 1 aromatic rings. The molecule has 1 aromatic heterocycles. The second-order valence-electron chi connectivity index (χ2n) is 3.55. The van der Waals surface area contributed by atoms with Crippen LogP contribution in [0.3, 0.4) is 0 Å². The van der Waals surface area contributed by atoms with Crippen LogP contribution in [0, 0.1) is 0 Å². The quantitative estimate of drug-likeness (QED) is 0.832. The van der Waals surface area contributed by atoms with Gasteiger partial charge in [0.15, 0.2) is 0 Å². The van der Waals surface area contributed by atoms with Crippen molar-refractivity contribution in [3.05, 3.63) is 24.2 Å². The van der Waals surface area contributed by atoms with Crippen LogP contribution < -0.4 is 5.32 Å². The second kappa shape index (κ2) is 4.72. The van der Waals surface area contributed by atoms with E-state index < -0.39 is 0 Å². The van der Waals surface area contributed by atoms with Gasteiger partial charge in [0.05, 0.1) is 18.8 Å². The summed E-state index contributed by atoms with van der Waals surface area (Å²) in [5.74, 6) is 2.68. The highest BCUT2D eigenvalue weighted by Gasteiger charge is 2.25. The Balaban J connectivity index is 1.89. The standard InChI is InChI=1S/C10H14N2O2S/c1-12(5-8-3-2-4-14-8)10(13)9-6-15-7-11-9/h2-4,9,11H,5-7H2,1H3/t9-/m0/s1. The molecule has 0 saturated carbocycles. The first-order valence-corrected chi connectivity index (χ1v) is 6.01. The van der Waals surface area contributed by atoms with Crippen molar-refractivity contribution in [1.82, 2.24) is 10.2 Å². The van der Waals surface area contributed by atoms with Crippen molar-refractivity contribution in [2.75, 3.05) is 18.7 Å². The van der Waals surface area contributed by atoms with Crippen LogP contribution in [0.1, 0.15) is 5.76 Å². The molecule has 1 amide bonds. The largest absolute Gasteiger partial charge is 0.467 e. The average Bonchev–Trinajstić information content (AvgIpc) is 2.88. The highest BCUT2D eigenvalue weighted by Crippen LogP contribution is 2.12. The molecule has 1 atom stereocenters. The highest BCUT2D eigenvalue weighted by molar-refractivity contribution is 7.99. The van der Waals surface area contributed by atoms with E-state index in [-0.39, 0.29) is 11.9 Å². The van der Waals surface area contributed by atoms with Gasteiger partial charge in [-0.25, -0.2) is 0 Å². The Labute approximate surface area is 93.0 Å². The van der Waals surface area contributed by atoms with Gasteiger partial charge < -0.3 is 9.32 Å². The summed E-state index contributed by atoms with van der Waals surface area (Å²) >= 11 is 1.75. The van der Waals surface area contributed by atoms with Gasteiger partial charge >= 0.3 is 0 Å². The van der Waals surface area contributed by atoms with E-state index in [2.05, 4.69) is 5.32 Å². The summed E-state index contributed by atoms with van der Waals surface area (Å²) in [6.07, 6.45) is 1.62. The van der Waals surface area contributed by atoms with E-state index in [0.717, 1.165) is 17.4 Å². The maximum atomic E-state index is 11.9. The molecule has 1 aliphatic heterocycles. The van der Waals surface area contributed by atoms with Crippen LogP contribution in [-0.4, -0.2) is 35.5 Å². The average molecular weight is 226 g/mol. The van der Waals surface area contributed by atoms with Gasteiger partial charge in [0.1, 0.15) is 5.76 Å². The molecule has 0 spiro atoms. The Hall–Kier alpha value is -0.940. The first-order valence-electron chi connectivity index (χ1n) is 4.86. The minimum absolute atomic E-state index is 0.0324. The number of carbonyl (C=O) groups is 1. The zero-order valence-electron chi connectivity index (χ0n) is 8.60. The Morgan fingerprint density at radius 2 is 2.67 bits per heavy atom. The molecule has 2 rings (SSSR count). The molecule has 1 saturated heterocycles. The van der Waals surface area contributed by atoms with Crippen LogP contribution in [0.2, 0.25) is 0 Å². The third-order valence-corrected chi connectivity index (χ3v) is 3.30. The molecule has 5 heteroatoms. The fourth-order valence-electron chi connectivity index (χ4n) is 1.53. The molecule has 1 fully saturated rings. The summed E-state index contributed by atoms with van der Waals surface area (Å²) in [5.41, 5.74) is 0. The molecule has 2 heterocycles. The fourth-order valence-corrected chi connectivity index (χ4v) is 2.47. The number of amides is 1. The molecule has 0 aromatic carbocycles. The minimum Gasteiger partial charge on any atom is -0.467 e. The fraction of sp³-hybridized carbons (Fsp3) is 0.500. The van der Waals surface area contributed by atoms with Crippen LogP contribution in [0.5, 0.6) is 0 Å². The lowest BCUT2D eigenvalue weighted by Gasteiger charge is -2.19.